The minimum absolute atomic E-state index is 0.208. The lowest BCUT2D eigenvalue weighted by Crippen LogP contribution is -2.14. The number of unbranched alkanes of at least 4 members (excludes halogenated alkanes) is 2. The molecule has 17 heavy (non-hydrogen) atoms. The zero-order valence-corrected chi connectivity index (χ0v) is 10.8. The summed E-state index contributed by atoms with van der Waals surface area (Å²) in [6.07, 6.45) is 3.38. The van der Waals surface area contributed by atoms with Crippen LogP contribution >= 0.6 is 0 Å². The van der Waals surface area contributed by atoms with Crippen molar-refractivity contribution < 1.29 is 9.13 Å². The van der Waals surface area contributed by atoms with Crippen LogP contribution in [0.5, 0.6) is 5.75 Å². The second-order valence-electron chi connectivity index (χ2n) is 4.17. The van der Waals surface area contributed by atoms with Crippen LogP contribution in [0.25, 0.3) is 0 Å². The van der Waals surface area contributed by atoms with E-state index in [1.54, 1.807) is 6.07 Å². The molecule has 0 radical (unpaired) electrons. The van der Waals surface area contributed by atoms with Crippen LogP contribution < -0.4 is 10.1 Å². The molecule has 2 nitrogen and oxygen atoms in total. The first-order chi connectivity index (χ1) is 8.24. The molecule has 0 atom stereocenters. The molecule has 1 aromatic rings. The number of hydrogen-bond acceptors (Lipinski definition) is 2. The van der Waals surface area contributed by atoms with E-state index in [9.17, 15) is 4.39 Å². The maximum Gasteiger partial charge on any atom is 0.123 e. The SMILES string of the molecule is CCNCCCCCOc1ccc(F)cc1C. The standard InChI is InChI=1S/C14H22FNO/c1-3-16-9-5-4-6-10-17-14-8-7-13(15)11-12(14)2/h7-8,11,16H,3-6,9-10H2,1-2H3. The Morgan fingerprint density at radius 2 is 2.06 bits per heavy atom. The number of rotatable bonds is 8. The van der Waals surface area contributed by atoms with Crippen molar-refractivity contribution in [3.05, 3.63) is 29.6 Å². The predicted molar refractivity (Wildman–Crippen MR) is 69.0 cm³/mol. The molecule has 3 heteroatoms. The smallest absolute Gasteiger partial charge is 0.123 e. The molecule has 0 spiro atoms. The molecular formula is C14H22FNO. The minimum atomic E-state index is -0.208. The van der Waals surface area contributed by atoms with Crippen LogP contribution in [0.4, 0.5) is 4.39 Å². The van der Waals surface area contributed by atoms with Gasteiger partial charge in [-0.05, 0) is 63.0 Å². The number of halogens is 1. The fraction of sp³-hybridized carbons (Fsp3) is 0.571. The summed E-state index contributed by atoms with van der Waals surface area (Å²) in [4.78, 5) is 0. The molecule has 1 rings (SSSR count). The van der Waals surface area contributed by atoms with Gasteiger partial charge in [0.15, 0.2) is 0 Å². The number of aryl methyl sites for hydroxylation is 1. The number of benzene rings is 1. The Balaban J connectivity index is 2.14. The van der Waals surface area contributed by atoms with E-state index in [-0.39, 0.29) is 5.82 Å². The zero-order chi connectivity index (χ0) is 12.5. The summed E-state index contributed by atoms with van der Waals surface area (Å²) in [5.74, 6) is 0.582. The van der Waals surface area contributed by atoms with Gasteiger partial charge in [-0.3, -0.25) is 0 Å². The second-order valence-corrected chi connectivity index (χ2v) is 4.17. The number of ether oxygens (including phenoxy) is 1. The molecule has 0 fully saturated rings. The topological polar surface area (TPSA) is 21.3 Å². The van der Waals surface area contributed by atoms with E-state index in [2.05, 4.69) is 12.2 Å². The van der Waals surface area contributed by atoms with Crippen molar-refractivity contribution in [1.82, 2.24) is 5.32 Å². The molecular weight excluding hydrogens is 217 g/mol. The van der Waals surface area contributed by atoms with Crippen LogP contribution in [0.2, 0.25) is 0 Å². The summed E-state index contributed by atoms with van der Waals surface area (Å²) in [7, 11) is 0. The van der Waals surface area contributed by atoms with Gasteiger partial charge in [-0.25, -0.2) is 4.39 Å². The predicted octanol–water partition coefficient (Wildman–Crippen LogP) is 3.29. The first kappa shape index (κ1) is 14.0. The van der Waals surface area contributed by atoms with E-state index >= 15 is 0 Å². The average Bonchev–Trinajstić information content (AvgIpc) is 2.30. The fourth-order valence-corrected chi connectivity index (χ4v) is 1.66. The highest BCUT2D eigenvalue weighted by molar-refractivity contribution is 5.32. The highest BCUT2D eigenvalue weighted by Gasteiger charge is 2.00. The van der Waals surface area contributed by atoms with Crippen LogP contribution in [-0.4, -0.2) is 19.7 Å². The highest BCUT2D eigenvalue weighted by Crippen LogP contribution is 2.18. The van der Waals surface area contributed by atoms with E-state index in [1.807, 2.05) is 6.92 Å². The maximum atomic E-state index is 12.8. The van der Waals surface area contributed by atoms with Gasteiger partial charge in [0.1, 0.15) is 11.6 Å². The van der Waals surface area contributed by atoms with Crippen LogP contribution in [-0.2, 0) is 0 Å². The third-order valence-corrected chi connectivity index (χ3v) is 2.64. The Hall–Kier alpha value is -1.09. The second kappa shape index (κ2) is 8.07. The average molecular weight is 239 g/mol. The van der Waals surface area contributed by atoms with Crippen molar-refractivity contribution in [3.63, 3.8) is 0 Å². The molecule has 0 unspecified atom stereocenters. The van der Waals surface area contributed by atoms with E-state index in [1.165, 1.54) is 18.6 Å². The first-order valence-corrected chi connectivity index (χ1v) is 6.33. The third kappa shape index (κ3) is 5.68. The lowest BCUT2D eigenvalue weighted by molar-refractivity contribution is 0.302. The quantitative estimate of drug-likeness (QED) is 0.703. The van der Waals surface area contributed by atoms with Crippen LogP contribution in [0, 0.1) is 12.7 Å². The van der Waals surface area contributed by atoms with Crippen LogP contribution in [0.3, 0.4) is 0 Å². The van der Waals surface area contributed by atoms with Gasteiger partial charge in [0.05, 0.1) is 6.61 Å². The molecule has 0 aromatic heterocycles. The summed E-state index contributed by atoms with van der Waals surface area (Å²) in [6, 6.07) is 4.64. The van der Waals surface area contributed by atoms with E-state index in [0.717, 1.165) is 37.2 Å². The summed E-state index contributed by atoms with van der Waals surface area (Å²) in [5, 5.41) is 3.29. The highest BCUT2D eigenvalue weighted by atomic mass is 19.1. The van der Waals surface area contributed by atoms with Crippen molar-refractivity contribution in [3.8, 4) is 5.75 Å². The number of hydrogen-bond donors (Lipinski definition) is 1. The number of nitrogens with one attached hydrogen (secondary N) is 1. The molecule has 0 amide bonds. The molecule has 0 saturated heterocycles. The zero-order valence-electron chi connectivity index (χ0n) is 10.8. The lowest BCUT2D eigenvalue weighted by Gasteiger charge is -2.09. The van der Waals surface area contributed by atoms with Crippen molar-refractivity contribution in [2.75, 3.05) is 19.7 Å². The van der Waals surface area contributed by atoms with Gasteiger partial charge in [-0.1, -0.05) is 6.92 Å². The Kier molecular flexibility index (Phi) is 6.63. The van der Waals surface area contributed by atoms with Gasteiger partial charge in [0.2, 0.25) is 0 Å². The first-order valence-electron chi connectivity index (χ1n) is 6.33. The third-order valence-electron chi connectivity index (χ3n) is 2.64. The Morgan fingerprint density at radius 1 is 1.24 bits per heavy atom. The summed E-state index contributed by atoms with van der Waals surface area (Å²) >= 11 is 0. The van der Waals surface area contributed by atoms with Gasteiger partial charge in [-0.15, -0.1) is 0 Å². The van der Waals surface area contributed by atoms with E-state index < -0.39 is 0 Å². The van der Waals surface area contributed by atoms with Gasteiger partial charge in [0.25, 0.3) is 0 Å². The molecule has 0 heterocycles. The van der Waals surface area contributed by atoms with Crippen molar-refractivity contribution >= 4 is 0 Å². The van der Waals surface area contributed by atoms with Gasteiger partial charge < -0.3 is 10.1 Å². The summed E-state index contributed by atoms with van der Waals surface area (Å²) in [6.45, 7) is 6.79. The molecule has 96 valence electrons. The Morgan fingerprint density at radius 3 is 2.76 bits per heavy atom. The Labute approximate surface area is 103 Å². The fourth-order valence-electron chi connectivity index (χ4n) is 1.66. The summed E-state index contributed by atoms with van der Waals surface area (Å²) in [5.41, 5.74) is 0.859. The largest absolute Gasteiger partial charge is 0.493 e. The van der Waals surface area contributed by atoms with Gasteiger partial charge >= 0.3 is 0 Å². The van der Waals surface area contributed by atoms with Gasteiger partial charge in [0, 0.05) is 0 Å². The van der Waals surface area contributed by atoms with Gasteiger partial charge in [-0.2, -0.15) is 0 Å². The van der Waals surface area contributed by atoms with E-state index in [0.29, 0.717) is 6.61 Å². The molecule has 0 bridgehead atoms. The molecule has 1 aromatic carbocycles. The molecule has 0 saturated carbocycles. The Bertz CT molecular complexity index is 328. The molecule has 0 aliphatic carbocycles. The lowest BCUT2D eigenvalue weighted by atomic mass is 10.2. The van der Waals surface area contributed by atoms with Crippen molar-refractivity contribution in [2.24, 2.45) is 0 Å². The van der Waals surface area contributed by atoms with E-state index in [4.69, 9.17) is 4.74 Å². The van der Waals surface area contributed by atoms with Crippen molar-refractivity contribution in [2.45, 2.75) is 33.1 Å². The van der Waals surface area contributed by atoms with Crippen LogP contribution in [0.1, 0.15) is 31.7 Å². The molecule has 0 aliphatic heterocycles. The van der Waals surface area contributed by atoms with Crippen LogP contribution in [0.15, 0.2) is 18.2 Å². The van der Waals surface area contributed by atoms with Crippen molar-refractivity contribution in [1.29, 1.82) is 0 Å². The summed E-state index contributed by atoms with van der Waals surface area (Å²) < 4.78 is 18.5. The molecule has 0 aliphatic rings. The molecule has 1 N–H and O–H groups in total. The maximum absolute atomic E-state index is 12.8. The monoisotopic (exact) mass is 239 g/mol. The normalized spacial score (nSPS) is 10.5. The minimum Gasteiger partial charge on any atom is -0.493 e.